The lowest BCUT2D eigenvalue weighted by atomic mass is 10.0. The first-order valence-corrected chi connectivity index (χ1v) is 9.04. The second kappa shape index (κ2) is 7.30. The van der Waals surface area contributed by atoms with Crippen LogP contribution in [0.5, 0.6) is 0 Å². The van der Waals surface area contributed by atoms with Crippen molar-refractivity contribution >= 4 is 34.3 Å². The van der Waals surface area contributed by atoms with Gasteiger partial charge in [-0.3, -0.25) is 14.2 Å². The van der Waals surface area contributed by atoms with E-state index in [0.717, 1.165) is 22.5 Å². The van der Waals surface area contributed by atoms with Gasteiger partial charge in [0.2, 0.25) is 11.9 Å². The third-order valence-electron chi connectivity index (χ3n) is 4.56. The fourth-order valence-corrected chi connectivity index (χ4v) is 2.87. The third kappa shape index (κ3) is 3.80. The van der Waals surface area contributed by atoms with Gasteiger partial charge >= 0.3 is 0 Å². The fraction of sp³-hybridized carbons (Fsp3) is 0.300. The SMILES string of the molecule is CCn1c(=O)ccc2c(C)nc(Nc3ccc(NC(C)(C)C(N)=O)cc3)nc21. The van der Waals surface area contributed by atoms with E-state index in [2.05, 4.69) is 20.6 Å². The van der Waals surface area contributed by atoms with Crippen molar-refractivity contribution in [3.8, 4) is 0 Å². The number of carbonyl (C=O) groups is 1. The highest BCUT2D eigenvalue weighted by Gasteiger charge is 2.24. The van der Waals surface area contributed by atoms with Crippen LogP contribution in [0.2, 0.25) is 0 Å². The summed E-state index contributed by atoms with van der Waals surface area (Å²) >= 11 is 0. The van der Waals surface area contributed by atoms with Crippen LogP contribution >= 0.6 is 0 Å². The van der Waals surface area contributed by atoms with Gasteiger partial charge in [0, 0.05) is 29.4 Å². The molecule has 8 nitrogen and oxygen atoms in total. The van der Waals surface area contributed by atoms with Crippen LogP contribution in [0.1, 0.15) is 26.5 Å². The molecule has 1 aromatic carbocycles. The standard InChI is InChI=1S/C20H24N6O2/c1-5-26-16(27)11-10-15-12(2)22-19(24-17(15)26)23-13-6-8-14(9-7-13)25-20(3,4)18(21)28/h6-11,25H,5H2,1-4H3,(H2,21,28)(H,22,23,24). The molecule has 0 radical (unpaired) electrons. The van der Waals surface area contributed by atoms with E-state index in [1.54, 1.807) is 24.5 Å². The van der Waals surface area contributed by atoms with Crippen molar-refractivity contribution in [3.05, 3.63) is 52.4 Å². The summed E-state index contributed by atoms with van der Waals surface area (Å²) in [5, 5.41) is 7.10. The van der Waals surface area contributed by atoms with Gasteiger partial charge in [-0.2, -0.15) is 4.98 Å². The Morgan fingerprint density at radius 3 is 2.36 bits per heavy atom. The number of aryl methyl sites for hydroxylation is 2. The summed E-state index contributed by atoms with van der Waals surface area (Å²) < 4.78 is 1.62. The molecule has 0 bridgehead atoms. The Kier molecular flexibility index (Phi) is 5.04. The predicted octanol–water partition coefficient (Wildman–Crippen LogP) is 2.54. The minimum absolute atomic E-state index is 0.0912. The number of pyridine rings is 1. The van der Waals surface area contributed by atoms with E-state index >= 15 is 0 Å². The van der Waals surface area contributed by atoms with Crippen molar-refractivity contribution in [1.82, 2.24) is 14.5 Å². The van der Waals surface area contributed by atoms with Gasteiger partial charge in [0.15, 0.2) is 0 Å². The molecule has 3 aromatic rings. The van der Waals surface area contributed by atoms with Crippen molar-refractivity contribution < 1.29 is 4.79 Å². The molecule has 3 rings (SSSR count). The molecule has 0 saturated heterocycles. The number of nitrogens with two attached hydrogens (primary N) is 1. The number of primary amides is 1. The Labute approximate surface area is 162 Å². The van der Waals surface area contributed by atoms with Crippen LogP contribution in [0.3, 0.4) is 0 Å². The summed E-state index contributed by atoms with van der Waals surface area (Å²) in [6, 6.07) is 10.7. The first-order valence-electron chi connectivity index (χ1n) is 9.04. The molecule has 8 heteroatoms. The zero-order chi connectivity index (χ0) is 20.5. The molecule has 0 aliphatic rings. The maximum atomic E-state index is 12.1. The average molecular weight is 380 g/mol. The van der Waals surface area contributed by atoms with E-state index in [9.17, 15) is 9.59 Å². The fourth-order valence-electron chi connectivity index (χ4n) is 2.87. The molecule has 28 heavy (non-hydrogen) atoms. The number of amides is 1. The summed E-state index contributed by atoms with van der Waals surface area (Å²) in [5.74, 6) is -0.0207. The topological polar surface area (TPSA) is 115 Å². The van der Waals surface area contributed by atoms with Crippen LogP contribution in [-0.2, 0) is 11.3 Å². The number of carbonyl (C=O) groups excluding carboxylic acids is 1. The lowest BCUT2D eigenvalue weighted by Gasteiger charge is -2.23. The highest BCUT2D eigenvalue weighted by atomic mass is 16.1. The van der Waals surface area contributed by atoms with Gasteiger partial charge < -0.3 is 16.4 Å². The number of hydrogen-bond acceptors (Lipinski definition) is 6. The second-order valence-corrected chi connectivity index (χ2v) is 7.10. The summed E-state index contributed by atoms with van der Waals surface area (Å²) in [6.45, 7) is 7.77. The molecule has 146 valence electrons. The Balaban J connectivity index is 1.89. The van der Waals surface area contributed by atoms with Gasteiger partial charge in [-0.1, -0.05) is 0 Å². The van der Waals surface area contributed by atoms with Crippen molar-refractivity contribution in [1.29, 1.82) is 0 Å². The monoisotopic (exact) mass is 380 g/mol. The van der Waals surface area contributed by atoms with E-state index in [0.29, 0.717) is 18.1 Å². The first-order chi connectivity index (χ1) is 13.2. The molecule has 0 aliphatic carbocycles. The molecule has 4 N–H and O–H groups in total. The number of benzene rings is 1. The Morgan fingerprint density at radius 2 is 1.75 bits per heavy atom. The molecule has 0 spiro atoms. The second-order valence-electron chi connectivity index (χ2n) is 7.10. The average Bonchev–Trinajstić information content (AvgIpc) is 2.63. The van der Waals surface area contributed by atoms with Crippen molar-refractivity contribution in [3.63, 3.8) is 0 Å². The van der Waals surface area contributed by atoms with Gasteiger partial charge in [-0.05, 0) is 58.0 Å². The smallest absolute Gasteiger partial charge is 0.252 e. The van der Waals surface area contributed by atoms with Crippen molar-refractivity contribution in [2.24, 2.45) is 5.73 Å². The maximum absolute atomic E-state index is 12.1. The van der Waals surface area contributed by atoms with E-state index in [4.69, 9.17) is 5.73 Å². The van der Waals surface area contributed by atoms with Gasteiger partial charge in [0.05, 0.1) is 5.69 Å². The highest BCUT2D eigenvalue weighted by Crippen LogP contribution is 2.21. The van der Waals surface area contributed by atoms with Crippen LogP contribution in [0.4, 0.5) is 17.3 Å². The van der Waals surface area contributed by atoms with Gasteiger partial charge in [-0.15, -0.1) is 0 Å². The van der Waals surface area contributed by atoms with Gasteiger partial charge in [0.25, 0.3) is 5.56 Å². The highest BCUT2D eigenvalue weighted by molar-refractivity contribution is 5.87. The Bertz CT molecular complexity index is 1090. The Hall–Kier alpha value is -3.42. The van der Waals surface area contributed by atoms with E-state index < -0.39 is 11.4 Å². The number of aromatic nitrogens is 3. The summed E-state index contributed by atoms with van der Waals surface area (Å²) in [7, 11) is 0. The molecule has 1 amide bonds. The number of anilines is 3. The number of fused-ring (bicyclic) bond motifs is 1. The van der Waals surface area contributed by atoms with Crippen molar-refractivity contribution in [2.45, 2.75) is 39.8 Å². The summed E-state index contributed by atoms with van der Waals surface area (Å²) in [5.41, 5.74) is 7.39. The van der Waals surface area contributed by atoms with E-state index in [-0.39, 0.29) is 5.56 Å². The van der Waals surface area contributed by atoms with Crippen LogP contribution < -0.4 is 21.9 Å². The van der Waals surface area contributed by atoms with Crippen LogP contribution in [-0.4, -0.2) is 26.0 Å². The molecule has 2 heterocycles. The van der Waals surface area contributed by atoms with Crippen LogP contribution in [0, 0.1) is 6.92 Å². The maximum Gasteiger partial charge on any atom is 0.252 e. The molecule has 0 fully saturated rings. The Morgan fingerprint density at radius 1 is 1.11 bits per heavy atom. The van der Waals surface area contributed by atoms with E-state index in [1.165, 1.54) is 6.07 Å². The number of hydrogen-bond donors (Lipinski definition) is 3. The van der Waals surface area contributed by atoms with Crippen LogP contribution in [0.25, 0.3) is 11.0 Å². The number of rotatable bonds is 6. The third-order valence-corrected chi connectivity index (χ3v) is 4.56. The number of nitrogens with one attached hydrogen (secondary N) is 2. The minimum Gasteiger partial charge on any atom is -0.372 e. The molecule has 2 aromatic heterocycles. The lowest BCUT2D eigenvalue weighted by Crippen LogP contribution is -2.44. The zero-order valence-corrected chi connectivity index (χ0v) is 16.4. The molecular weight excluding hydrogens is 356 g/mol. The molecule has 0 atom stereocenters. The van der Waals surface area contributed by atoms with Crippen molar-refractivity contribution in [2.75, 3.05) is 10.6 Å². The van der Waals surface area contributed by atoms with E-state index in [1.807, 2.05) is 38.1 Å². The predicted molar refractivity (Wildman–Crippen MR) is 111 cm³/mol. The normalized spacial score (nSPS) is 11.4. The van der Waals surface area contributed by atoms with Gasteiger partial charge in [0.1, 0.15) is 11.2 Å². The zero-order valence-electron chi connectivity index (χ0n) is 16.4. The number of nitrogens with zero attached hydrogens (tertiary/aromatic N) is 3. The minimum atomic E-state index is -0.850. The molecule has 0 unspecified atom stereocenters. The molecule has 0 aliphatic heterocycles. The first kappa shape index (κ1) is 19.3. The van der Waals surface area contributed by atoms with Crippen LogP contribution in [0.15, 0.2) is 41.2 Å². The quantitative estimate of drug-likeness (QED) is 0.605. The summed E-state index contributed by atoms with van der Waals surface area (Å²) in [4.78, 5) is 32.6. The molecular formula is C20H24N6O2. The molecule has 0 saturated carbocycles. The summed E-state index contributed by atoms with van der Waals surface area (Å²) in [6.07, 6.45) is 0. The lowest BCUT2D eigenvalue weighted by molar-refractivity contribution is -0.121. The largest absolute Gasteiger partial charge is 0.372 e. The van der Waals surface area contributed by atoms with Gasteiger partial charge in [-0.25, -0.2) is 4.98 Å².